The molecule has 146 valence electrons. The van der Waals surface area contributed by atoms with Gasteiger partial charge in [0.1, 0.15) is 5.75 Å². The summed E-state index contributed by atoms with van der Waals surface area (Å²) in [6, 6.07) is 4.96. The molecule has 1 saturated heterocycles. The van der Waals surface area contributed by atoms with E-state index in [-0.39, 0.29) is 17.9 Å². The Kier molecular flexibility index (Phi) is 6.17. The standard InChI is InChI=1S/C23H37NO2/c1-4-5-6-7-11-23(2,3)18-15-20-22(21(26)16-18)17(10-13-25)14-19-9-8-12-24(19)20/h15-17,19,25-26H,4-14H2,1-3H3/t17-,19?/m0/s1. The third-order valence-corrected chi connectivity index (χ3v) is 6.70. The molecule has 1 unspecified atom stereocenters. The van der Waals surface area contributed by atoms with E-state index in [1.807, 2.05) is 6.07 Å². The predicted octanol–water partition coefficient (Wildman–Crippen LogP) is 5.48. The minimum absolute atomic E-state index is 0.0827. The average molecular weight is 360 g/mol. The number of aromatic hydroxyl groups is 1. The number of anilines is 1. The Hall–Kier alpha value is -1.22. The van der Waals surface area contributed by atoms with E-state index in [2.05, 4.69) is 31.7 Å². The number of aliphatic hydroxyl groups excluding tert-OH is 1. The van der Waals surface area contributed by atoms with Crippen LogP contribution in [-0.2, 0) is 5.41 Å². The van der Waals surface area contributed by atoms with E-state index in [1.54, 1.807) is 0 Å². The zero-order valence-corrected chi connectivity index (χ0v) is 16.9. The molecular formula is C23H37NO2. The van der Waals surface area contributed by atoms with Crippen molar-refractivity contribution in [3.63, 3.8) is 0 Å². The molecule has 3 nitrogen and oxygen atoms in total. The van der Waals surface area contributed by atoms with Crippen LogP contribution in [0.5, 0.6) is 5.75 Å². The van der Waals surface area contributed by atoms with Gasteiger partial charge in [-0.05, 0) is 61.1 Å². The lowest BCUT2D eigenvalue weighted by Gasteiger charge is -2.40. The number of phenols is 1. The van der Waals surface area contributed by atoms with Crippen LogP contribution in [0.1, 0.15) is 95.6 Å². The van der Waals surface area contributed by atoms with Crippen molar-refractivity contribution in [2.45, 2.75) is 95.9 Å². The lowest BCUT2D eigenvalue weighted by molar-refractivity contribution is 0.266. The van der Waals surface area contributed by atoms with Gasteiger partial charge < -0.3 is 15.1 Å². The fraction of sp³-hybridized carbons (Fsp3) is 0.739. The number of aliphatic hydroxyl groups is 1. The topological polar surface area (TPSA) is 43.7 Å². The van der Waals surface area contributed by atoms with E-state index in [0.29, 0.717) is 11.8 Å². The van der Waals surface area contributed by atoms with E-state index in [1.165, 1.54) is 49.8 Å². The predicted molar refractivity (Wildman–Crippen MR) is 109 cm³/mol. The molecule has 2 N–H and O–H groups in total. The number of phenolic OH excluding ortho intramolecular Hbond substituents is 1. The summed E-state index contributed by atoms with van der Waals surface area (Å²) < 4.78 is 0. The molecule has 3 rings (SSSR count). The molecule has 2 atom stereocenters. The van der Waals surface area contributed by atoms with E-state index in [0.717, 1.165) is 31.4 Å². The van der Waals surface area contributed by atoms with Crippen LogP contribution in [-0.4, -0.2) is 29.4 Å². The normalized spacial score (nSPS) is 22.4. The van der Waals surface area contributed by atoms with Crippen molar-refractivity contribution in [3.8, 4) is 5.75 Å². The molecule has 1 aromatic rings. The second-order valence-corrected chi connectivity index (χ2v) is 9.06. The molecule has 0 aliphatic carbocycles. The molecule has 1 fully saturated rings. The molecule has 0 spiro atoms. The zero-order valence-electron chi connectivity index (χ0n) is 16.9. The van der Waals surface area contributed by atoms with Crippen LogP contribution in [0, 0.1) is 0 Å². The van der Waals surface area contributed by atoms with Gasteiger partial charge in [0, 0.05) is 30.4 Å². The second kappa shape index (κ2) is 8.21. The fourth-order valence-corrected chi connectivity index (χ4v) is 5.07. The minimum Gasteiger partial charge on any atom is -0.508 e. The zero-order chi connectivity index (χ0) is 18.7. The fourth-order valence-electron chi connectivity index (χ4n) is 5.07. The monoisotopic (exact) mass is 359 g/mol. The smallest absolute Gasteiger partial charge is 0.121 e. The SMILES string of the molecule is CCCCCCC(C)(C)c1cc(O)c2c(c1)N1CCCC1C[C@@H]2CCO. The molecule has 0 bridgehead atoms. The highest BCUT2D eigenvalue weighted by Crippen LogP contribution is 2.49. The average Bonchev–Trinajstić information content (AvgIpc) is 3.07. The maximum Gasteiger partial charge on any atom is 0.121 e. The quantitative estimate of drug-likeness (QED) is 0.604. The van der Waals surface area contributed by atoms with Crippen LogP contribution < -0.4 is 4.90 Å². The van der Waals surface area contributed by atoms with Crippen molar-refractivity contribution >= 4 is 5.69 Å². The highest BCUT2D eigenvalue weighted by atomic mass is 16.3. The first kappa shape index (κ1) is 19.5. The Balaban J connectivity index is 1.90. The van der Waals surface area contributed by atoms with Crippen molar-refractivity contribution < 1.29 is 10.2 Å². The molecule has 2 heterocycles. The molecule has 1 aromatic carbocycles. The van der Waals surface area contributed by atoms with Crippen molar-refractivity contribution in [2.24, 2.45) is 0 Å². The van der Waals surface area contributed by atoms with Gasteiger partial charge in [0.2, 0.25) is 0 Å². The maximum absolute atomic E-state index is 10.9. The summed E-state index contributed by atoms with van der Waals surface area (Å²) in [5, 5.41) is 20.4. The lowest BCUT2D eigenvalue weighted by Crippen LogP contribution is -2.36. The Morgan fingerprint density at radius 2 is 2.00 bits per heavy atom. The van der Waals surface area contributed by atoms with Gasteiger partial charge >= 0.3 is 0 Å². The molecule has 0 aromatic heterocycles. The largest absolute Gasteiger partial charge is 0.508 e. The molecule has 2 aliphatic rings. The Morgan fingerprint density at radius 3 is 2.73 bits per heavy atom. The Morgan fingerprint density at radius 1 is 1.19 bits per heavy atom. The summed E-state index contributed by atoms with van der Waals surface area (Å²) in [5.41, 5.74) is 3.68. The molecule has 2 aliphatic heterocycles. The molecule has 0 radical (unpaired) electrons. The van der Waals surface area contributed by atoms with Gasteiger partial charge in [0.05, 0.1) is 0 Å². The van der Waals surface area contributed by atoms with Crippen LogP contribution in [0.4, 0.5) is 5.69 Å². The van der Waals surface area contributed by atoms with Crippen LogP contribution in [0.15, 0.2) is 12.1 Å². The first-order valence-corrected chi connectivity index (χ1v) is 10.7. The maximum atomic E-state index is 10.9. The highest BCUT2D eigenvalue weighted by Gasteiger charge is 2.37. The van der Waals surface area contributed by atoms with Gasteiger partial charge in [-0.25, -0.2) is 0 Å². The third kappa shape index (κ3) is 3.88. The third-order valence-electron chi connectivity index (χ3n) is 6.70. The molecular weight excluding hydrogens is 322 g/mol. The number of nitrogens with zero attached hydrogens (tertiary/aromatic N) is 1. The molecule has 26 heavy (non-hydrogen) atoms. The van der Waals surface area contributed by atoms with Gasteiger partial charge in [-0.1, -0.05) is 46.5 Å². The molecule has 0 saturated carbocycles. The minimum atomic E-state index is 0.0827. The summed E-state index contributed by atoms with van der Waals surface area (Å²) in [5.74, 6) is 0.735. The lowest BCUT2D eigenvalue weighted by atomic mass is 9.76. The first-order valence-electron chi connectivity index (χ1n) is 10.7. The van der Waals surface area contributed by atoms with Gasteiger partial charge in [-0.15, -0.1) is 0 Å². The summed E-state index contributed by atoms with van der Waals surface area (Å²) in [4.78, 5) is 2.53. The number of hydrogen-bond donors (Lipinski definition) is 2. The highest BCUT2D eigenvalue weighted by molar-refractivity contribution is 5.66. The number of unbranched alkanes of at least 4 members (excludes halogenated alkanes) is 3. The number of benzene rings is 1. The Bertz CT molecular complexity index is 610. The molecule has 0 amide bonds. The Labute approximate surface area is 159 Å². The van der Waals surface area contributed by atoms with Gasteiger partial charge in [-0.3, -0.25) is 0 Å². The number of hydrogen-bond acceptors (Lipinski definition) is 3. The van der Waals surface area contributed by atoms with Crippen LogP contribution in [0.25, 0.3) is 0 Å². The van der Waals surface area contributed by atoms with Crippen molar-refractivity contribution in [1.82, 2.24) is 0 Å². The van der Waals surface area contributed by atoms with Crippen molar-refractivity contribution in [2.75, 3.05) is 18.1 Å². The van der Waals surface area contributed by atoms with Crippen LogP contribution >= 0.6 is 0 Å². The van der Waals surface area contributed by atoms with Crippen LogP contribution in [0.3, 0.4) is 0 Å². The summed E-state index contributed by atoms with van der Waals surface area (Å²) >= 11 is 0. The van der Waals surface area contributed by atoms with E-state index >= 15 is 0 Å². The number of fused-ring (bicyclic) bond motifs is 3. The van der Waals surface area contributed by atoms with E-state index in [9.17, 15) is 10.2 Å². The molecule has 3 heteroatoms. The summed E-state index contributed by atoms with van der Waals surface area (Å²) in [6.45, 7) is 8.18. The van der Waals surface area contributed by atoms with E-state index in [4.69, 9.17) is 0 Å². The van der Waals surface area contributed by atoms with Gasteiger partial charge in [0.25, 0.3) is 0 Å². The van der Waals surface area contributed by atoms with Crippen molar-refractivity contribution in [3.05, 3.63) is 23.3 Å². The first-order chi connectivity index (χ1) is 12.5. The second-order valence-electron chi connectivity index (χ2n) is 9.06. The summed E-state index contributed by atoms with van der Waals surface area (Å²) in [6.07, 6.45) is 10.6. The summed E-state index contributed by atoms with van der Waals surface area (Å²) in [7, 11) is 0. The van der Waals surface area contributed by atoms with Crippen LogP contribution in [0.2, 0.25) is 0 Å². The van der Waals surface area contributed by atoms with Gasteiger partial charge in [-0.2, -0.15) is 0 Å². The van der Waals surface area contributed by atoms with Gasteiger partial charge in [0.15, 0.2) is 0 Å². The van der Waals surface area contributed by atoms with Crippen molar-refractivity contribution in [1.29, 1.82) is 0 Å². The van der Waals surface area contributed by atoms with E-state index < -0.39 is 0 Å². The number of rotatable bonds is 8.